The summed E-state index contributed by atoms with van der Waals surface area (Å²) in [4.78, 5) is 21.9. The molecule has 0 spiro atoms. The summed E-state index contributed by atoms with van der Waals surface area (Å²) in [5, 5.41) is 3.30. The molecule has 0 heterocycles. The van der Waals surface area contributed by atoms with Gasteiger partial charge >= 0.3 is 0 Å². The number of ketones is 2. The van der Waals surface area contributed by atoms with Crippen LogP contribution in [0.4, 0.5) is 5.69 Å². The molecular formula is C16H23NO2. The second kappa shape index (κ2) is 7.72. The van der Waals surface area contributed by atoms with Crippen LogP contribution < -0.4 is 5.32 Å². The molecule has 0 saturated carbocycles. The van der Waals surface area contributed by atoms with Crippen LogP contribution in [0.15, 0.2) is 18.2 Å². The fourth-order valence-corrected chi connectivity index (χ4v) is 1.96. The van der Waals surface area contributed by atoms with E-state index in [9.17, 15) is 9.59 Å². The molecule has 1 N–H and O–H groups in total. The van der Waals surface area contributed by atoms with Gasteiger partial charge in [-0.3, -0.25) is 4.79 Å². The first-order chi connectivity index (χ1) is 9.02. The smallest absolute Gasteiger partial charge is 0.131 e. The van der Waals surface area contributed by atoms with Gasteiger partial charge in [-0.15, -0.1) is 0 Å². The lowest BCUT2D eigenvalue weighted by atomic mass is 10.0. The molecule has 0 fully saturated rings. The van der Waals surface area contributed by atoms with Crippen molar-refractivity contribution < 1.29 is 9.59 Å². The third-order valence-corrected chi connectivity index (χ3v) is 3.11. The number of anilines is 1. The zero-order chi connectivity index (χ0) is 14.3. The average Bonchev–Trinajstić information content (AvgIpc) is 2.36. The monoisotopic (exact) mass is 261 g/mol. The molecule has 0 amide bonds. The van der Waals surface area contributed by atoms with E-state index in [1.165, 1.54) is 11.1 Å². The molecule has 0 bridgehead atoms. The second-order valence-electron chi connectivity index (χ2n) is 4.93. The fourth-order valence-electron chi connectivity index (χ4n) is 1.96. The molecule has 0 radical (unpaired) electrons. The van der Waals surface area contributed by atoms with Crippen molar-refractivity contribution in [2.24, 2.45) is 0 Å². The SMILES string of the molecule is CCc1cc(CCC(C)=O)ccc1NCCC(C)=O. The Balaban J connectivity index is 2.67. The van der Waals surface area contributed by atoms with Crippen LogP contribution in [0.3, 0.4) is 0 Å². The van der Waals surface area contributed by atoms with Crippen molar-refractivity contribution in [2.75, 3.05) is 11.9 Å². The molecule has 1 rings (SSSR count). The number of hydrogen-bond acceptors (Lipinski definition) is 3. The summed E-state index contributed by atoms with van der Waals surface area (Å²) in [6.07, 6.45) is 2.89. The van der Waals surface area contributed by atoms with Gasteiger partial charge in [-0.1, -0.05) is 19.1 Å². The molecule has 3 nitrogen and oxygen atoms in total. The minimum atomic E-state index is 0.198. The molecule has 1 aromatic carbocycles. The van der Waals surface area contributed by atoms with Crippen LogP contribution in [-0.4, -0.2) is 18.1 Å². The highest BCUT2D eigenvalue weighted by molar-refractivity contribution is 5.76. The molecule has 3 heteroatoms. The van der Waals surface area contributed by atoms with Gasteiger partial charge in [-0.25, -0.2) is 0 Å². The number of benzene rings is 1. The van der Waals surface area contributed by atoms with Crippen molar-refractivity contribution in [1.29, 1.82) is 0 Å². The van der Waals surface area contributed by atoms with Crippen LogP contribution >= 0.6 is 0 Å². The Morgan fingerprint density at radius 3 is 2.37 bits per heavy atom. The van der Waals surface area contributed by atoms with Crippen LogP contribution in [0.25, 0.3) is 0 Å². The largest absolute Gasteiger partial charge is 0.384 e. The molecule has 0 saturated heterocycles. The Morgan fingerprint density at radius 2 is 1.79 bits per heavy atom. The first-order valence-electron chi connectivity index (χ1n) is 6.87. The number of hydrogen-bond donors (Lipinski definition) is 1. The van der Waals surface area contributed by atoms with Crippen molar-refractivity contribution in [3.63, 3.8) is 0 Å². The van der Waals surface area contributed by atoms with Gasteiger partial charge in [0.1, 0.15) is 11.6 Å². The van der Waals surface area contributed by atoms with Crippen molar-refractivity contribution in [3.05, 3.63) is 29.3 Å². The molecule has 0 unspecified atom stereocenters. The van der Waals surface area contributed by atoms with E-state index in [0.29, 0.717) is 19.4 Å². The minimum absolute atomic E-state index is 0.198. The molecule has 1 aromatic rings. The fraction of sp³-hybridized carbons (Fsp3) is 0.500. The number of Topliss-reactive ketones (excluding diaryl/α,β-unsaturated/α-hetero) is 2. The van der Waals surface area contributed by atoms with Crippen LogP contribution in [0, 0.1) is 0 Å². The number of carbonyl (C=O) groups is 2. The maximum atomic E-state index is 11.0. The van der Waals surface area contributed by atoms with Crippen LogP contribution in [0.2, 0.25) is 0 Å². The molecule has 19 heavy (non-hydrogen) atoms. The van der Waals surface area contributed by atoms with Gasteiger partial charge in [0, 0.05) is 25.1 Å². The summed E-state index contributed by atoms with van der Waals surface area (Å²) in [7, 11) is 0. The number of aryl methyl sites for hydroxylation is 2. The van der Waals surface area contributed by atoms with Crippen molar-refractivity contribution in [1.82, 2.24) is 0 Å². The van der Waals surface area contributed by atoms with Crippen LogP contribution in [-0.2, 0) is 22.4 Å². The molecule has 104 valence electrons. The molecule has 0 aliphatic carbocycles. The van der Waals surface area contributed by atoms with Crippen molar-refractivity contribution in [3.8, 4) is 0 Å². The number of nitrogens with one attached hydrogen (secondary N) is 1. The van der Waals surface area contributed by atoms with Gasteiger partial charge in [-0.05, 0) is 43.9 Å². The Hall–Kier alpha value is -1.64. The quantitative estimate of drug-likeness (QED) is 0.782. The lowest BCUT2D eigenvalue weighted by molar-refractivity contribution is -0.117. The normalized spacial score (nSPS) is 10.3. The number of carbonyl (C=O) groups excluding carboxylic acids is 2. The van der Waals surface area contributed by atoms with Gasteiger partial charge in [0.05, 0.1) is 0 Å². The molecule has 0 aliphatic rings. The van der Waals surface area contributed by atoms with Gasteiger partial charge in [0.2, 0.25) is 0 Å². The summed E-state index contributed by atoms with van der Waals surface area (Å²) >= 11 is 0. The van der Waals surface area contributed by atoms with E-state index in [1.54, 1.807) is 13.8 Å². The Kier molecular flexibility index (Phi) is 6.26. The van der Waals surface area contributed by atoms with Crippen LogP contribution in [0.5, 0.6) is 0 Å². The minimum Gasteiger partial charge on any atom is -0.384 e. The Morgan fingerprint density at radius 1 is 1.11 bits per heavy atom. The third-order valence-electron chi connectivity index (χ3n) is 3.11. The third kappa shape index (κ3) is 5.69. The van der Waals surface area contributed by atoms with Gasteiger partial charge in [0.15, 0.2) is 0 Å². The summed E-state index contributed by atoms with van der Waals surface area (Å²) in [6.45, 7) is 6.01. The highest BCUT2D eigenvalue weighted by Crippen LogP contribution is 2.19. The topological polar surface area (TPSA) is 46.2 Å². The lowest BCUT2D eigenvalue weighted by Gasteiger charge is -2.12. The maximum Gasteiger partial charge on any atom is 0.131 e. The molecular weight excluding hydrogens is 238 g/mol. The van der Waals surface area contributed by atoms with Crippen molar-refractivity contribution in [2.45, 2.75) is 46.5 Å². The van der Waals surface area contributed by atoms with Gasteiger partial charge < -0.3 is 10.1 Å². The van der Waals surface area contributed by atoms with E-state index in [-0.39, 0.29) is 11.6 Å². The first kappa shape index (κ1) is 15.4. The first-order valence-corrected chi connectivity index (χ1v) is 6.87. The number of rotatable bonds is 8. The Labute approximate surface area is 115 Å². The van der Waals surface area contributed by atoms with Gasteiger partial charge in [-0.2, -0.15) is 0 Å². The molecule has 0 aromatic heterocycles. The van der Waals surface area contributed by atoms with E-state index in [4.69, 9.17) is 0 Å². The van der Waals surface area contributed by atoms with E-state index in [1.807, 2.05) is 0 Å². The average molecular weight is 261 g/mol. The highest BCUT2D eigenvalue weighted by atomic mass is 16.1. The summed E-state index contributed by atoms with van der Waals surface area (Å²) < 4.78 is 0. The maximum absolute atomic E-state index is 11.0. The van der Waals surface area contributed by atoms with E-state index >= 15 is 0 Å². The highest BCUT2D eigenvalue weighted by Gasteiger charge is 2.04. The van der Waals surface area contributed by atoms with Gasteiger partial charge in [0.25, 0.3) is 0 Å². The Bertz CT molecular complexity index is 452. The zero-order valence-corrected chi connectivity index (χ0v) is 12.1. The predicted molar refractivity (Wildman–Crippen MR) is 78.6 cm³/mol. The standard InChI is InChI=1S/C16H23NO2/c1-4-15-11-14(6-5-12(2)18)7-8-16(15)17-10-9-13(3)19/h7-8,11,17H,4-6,9-10H2,1-3H3. The van der Waals surface area contributed by atoms with E-state index in [2.05, 4.69) is 30.4 Å². The lowest BCUT2D eigenvalue weighted by Crippen LogP contribution is -2.08. The summed E-state index contributed by atoms with van der Waals surface area (Å²) in [5.41, 5.74) is 3.53. The molecule has 0 atom stereocenters. The van der Waals surface area contributed by atoms with Crippen LogP contribution in [0.1, 0.15) is 44.7 Å². The summed E-state index contributed by atoms with van der Waals surface area (Å²) in [6, 6.07) is 6.26. The van der Waals surface area contributed by atoms with E-state index in [0.717, 1.165) is 18.5 Å². The predicted octanol–water partition coefficient (Wildman–Crippen LogP) is 3.16. The zero-order valence-electron chi connectivity index (χ0n) is 12.1. The van der Waals surface area contributed by atoms with E-state index < -0.39 is 0 Å². The molecule has 0 aliphatic heterocycles. The second-order valence-corrected chi connectivity index (χ2v) is 4.93. The summed E-state index contributed by atoms with van der Waals surface area (Å²) in [5.74, 6) is 0.422. The van der Waals surface area contributed by atoms with Crippen molar-refractivity contribution >= 4 is 17.3 Å².